The first-order valence-electron chi connectivity index (χ1n) is 7.87. The Kier molecular flexibility index (Phi) is 3.18. The molecule has 1 aliphatic heterocycles. The number of imidazole rings is 2. The van der Waals surface area contributed by atoms with Crippen LogP contribution in [0.1, 0.15) is 40.0 Å². The summed E-state index contributed by atoms with van der Waals surface area (Å²) >= 11 is 0. The van der Waals surface area contributed by atoms with E-state index in [-0.39, 0.29) is 11.8 Å². The second kappa shape index (κ2) is 5.22. The van der Waals surface area contributed by atoms with Crippen LogP contribution in [0.2, 0.25) is 0 Å². The fourth-order valence-corrected chi connectivity index (χ4v) is 3.22. The SMILES string of the molecule is Cc1cnc([C@@H]2CCN(C(=O)c3cn4c(C)cccc4n3)C2)[nH]1. The molecule has 0 radical (unpaired) electrons. The third kappa shape index (κ3) is 2.40. The number of aryl methyl sites for hydroxylation is 2. The molecule has 0 saturated carbocycles. The predicted molar refractivity (Wildman–Crippen MR) is 86.5 cm³/mol. The number of hydrogen-bond donors (Lipinski definition) is 1. The minimum atomic E-state index is -0.00104. The van der Waals surface area contributed by atoms with Gasteiger partial charge in [-0.15, -0.1) is 0 Å². The molecule has 6 heteroatoms. The average Bonchev–Trinajstić information content (AvgIpc) is 3.25. The van der Waals surface area contributed by atoms with E-state index in [0.717, 1.165) is 35.8 Å². The summed E-state index contributed by atoms with van der Waals surface area (Å²) in [6, 6.07) is 5.88. The van der Waals surface area contributed by atoms with Gasteiger partial charge in [0.25, 0.3) is 5.91 Å². The fourth-order valence-electron chi connectivity index (χ4n) is 3.22. The van der Waals surface area contributed by atoms with Gasteiger partial charge < -0.3 is 14.3 Å². The van der Waals surface area contributed by atoms with Gasteiger partial charge >= 0.3 is 0 Å². The van der Waals surface area contributed by atoms with Crippen LogP contribution in [0.5, 0.6) is 0 Å². The number of carbonyl (C=O) groups excluding carboxylic acids is 1. The molecule has 0 unspecified atom stereocenters. The van der Waals surface area contributed by atoms with Crippen LogP contribution in [0.4, 0.5) is 0 Å². The molecule has 23 heavy (non-hydrogen) atoms. The first-order chi connectivity index (χ1) is 11.1. The average molecular weight is 309 g/mol. The number of nitrogens with zero attached hydrogens (tertiary/aromatic N) is 4. The summed E-state index contributed by atoms with van der Waals surface area (Å²) in [5.74, 6) is 1.26. The van der Waals surface area contributed by atoms with E-state index in [2.05, 4.69) is 15.0 Å². The molecule has 1 N–H and O–H groups in total. The minimum absolute atomic E-state index is 0.00104. The lowest BCUT2D eigenvalue weighted by Crippen LogP contribution is -2.28. The molecule has 1 atom stereocenters. The zero-order valence-electron chi connectivity index (χ0n) is 13.3. The maximum absolute atomic E-state index is 12.7. The first kappa shape index (κ1) is 14.0. The molecular weight excluding hydrogens is 290 g/mol. The first-order valence-corrected chi connectivity index (χ1v) is 7.87. The number of nitrogens with one attached hydrogen (secondary N) is 1. The van der Waals surface area contributed by atoms with E-state index in [9.17, 15) is 4.79 Å². The van der Waals surface area contributed by atoms with E-state index in [1.54, 1.807) is 0 Å². The Labute approximate surface area is 134 Å². The van der Waals surface area contributed by atoms with Crippen LogP contribution in [0.3, 0.4) is 0 Å². The third-order valence-electron chi connectivity index (χ3n) is 4.50. The molecule has 0 spiro atoms. The number of likely N-dealkylation sites (tertiary alicyclic amines) is 1. The van der Waals surface area contributed by atoms with E-state index >= 15 is 0 Å². The largest absolute Gasteiger partial charge is 0.346 e. The number of rotatable bonds is 2. The van der Waals surface area contributed by atoms with E-state index in [4.69, 9.17) is 0 Å². The molecule has 0 aromatic carbocycles. The molecule has 3 aromatic rings. The number of H-pyrrole nitrogens is 1. The van der Waals surface area contributed by atoms with E-state index in [1.807, 2.05) is 53.7 Å². The molecular formula is C17H19N5O. The van der Waals surface area contributed by atoms with Gasteiger partial charge in [-0.1, -0.05) is 6.07 Å². The Morgan fingerprint density at radius 1 is 1.35 bits per heavy atom. The highest BCUT2D eigenvalue weighted by atomic mass is 16.2. The Hall–Kier alpha value is -2.63. The Balaban J connectivity index is 1.56. The minimum Gasteiger partial charge on any atom is -0.346 e. The summed E-state index contributed by atoms with van der Waals surface area (Å²) in [5, 5.41) is 0. The van der Waals surface area contributed by atoms with Gasteiger partial charge in [-0.2, -0.15) is 0 Å². The zero-order chi connectivity index (χ0) is 16.0. The highest BCUT2D eigenvalue weighted by Gasteiger charge is 2.30. The highest BCUT2D eigenvalue weighted by molar-refractivity contribution is 5.93. The molecule has 0 bridgehead atoms. The topological polar surface area (TPSA) is 66.3 Å². The molecule has 3 aromatic heterocycles. The van der Waals surface area contributed by atoms with Crippen molar-refractivity contribution in [2.45, 2.75) is 26.2 Å². The fraction of sp³-hybridized carbons (Fsp3) is 0.353. The normalized spacial score (nSPS) is 18.0. The number of hydrogen-bond acceptors (Lipinski definition) is 3. The van der Waals surface area contributed by atoms with Crippen LogP contribution in [-0.2, 0) is 0 Å². The standard InChI is InChI=1S/C17H19N5O/c1-11-8-18-16(19-11)13-6-7-21(9-13)17(23)14-10-22-12(2)4-3-5-15(22)20-14/h3-5,8,10,13H,6-7,9H2,1-2H3,(H,18,19)/t13-/m1/s1. The smallest absolute Gasteiger partial charge is 0.274 e. The molecule has 0 aliphatic carbocycles. The second-order valence-electron chi connectivity index (χ2n) is 6.21. The van der Waals surface area contributed by atoms with E-state index in [1.165, 1.54) is 0 Å². The summed E-state index contributed by atoms with van der Waals surface area (Å²) in [6.07, 6.45) is 4.60. The zero-order valence-corrected chi connectivity index (χ0v) is 13.3. The monoisotopic (exact) mass is 309 g/mol. The molecule has 1 fully saturated rings. The molecule has 6 nitrogen and oxygen atoms in total. The third-order valence-corrected chi connectivity index (χ3v) is 4.50. The predicted octanol–water partition coefficient (Wildman–Crippen LogP) is 2.30. The Morgan fingerprint density at radius 2 is 2.22 bits per heavy atom. The van der Waals surface area contributed by atoms with Gasteiger partial charge in [-0.25, -0.2) is 9.97 Å². The van der Waals surface area contributed by atoms with Crippen LogP contribution >= 0.6 is 0 Å². The lowest BCUT2D eigenvalue weighted by Gasteiger charge is -2.14. The lowest BCUT2D eigenvalue weighted by molar-refractivity contribution is 0.0785. The van der Waals surface area contributed by atoms with Gasteiger partial charge in [0.05, 0.1) is 0 Å². The van der Waals surface area contributed by atoms with Crippen molar-refractivity contribution in [3.8, 4) is 0 Å². The maximum atomic E-state index is 12.7. The van der Waals surface area contributed by atoms with Crippen LogP contribution < -0.4 is 0 Å². The quantitative estimate of drug-likeness (QED) is 0.790. The number of carbonyl (C=O) groups is 1. The van der Waals surface area contributed by atoms with Gasteiger partial charge in [0.15, 0.2) is 0 Å². The molecule has 4 heterocycles. The van der Waals surface area contributed by atoms with Gasteiger partial charge in [0.2, 0.25) is 0 Å². The van der Waals surface area contributed by atoms with Crippen molar-refractivity contribution >= 4 is 11.6 Å². The lowest BCUT2D eigenvalue weighted by atomic mass is 10.1. The van der Waals surface area contributed by atoms with E-state index < -0.39 is 0 Å². The number of fused-ring (bicyclic) bond motifs is 1. The maximum Gasteiger partial charge on any atom is 0.274 e. The van der Waals surface area contributed by atoms with Gasteiger partial charge in [0, 0.05) is 42.8 Å². The second-order valence-corrected chi connectivity index (χ2v) is 6.21. The van der Waals surface area contributed by atoms with Crippen LogP contribution in [0.15, 0.2) is 30.6 Å². The number of aromatic amines is 1. The molecule has 118 valence electrons. The van der Waals surface area contributed by atoms with Crippen molar-refractivity contribution in [1.29, 1.82) is 0 Å². The highest BCUT2D eigenvalue weighted by Crippen LogP contribution is 2.26. The molecule has 1 aliphatic rings. The molecule has 4 rings (SSSR count). The van der Waals surface area contributed by atoms with Crippen molar-refractivity contribution < 1.29 is 4.79 Å². The van der Waals surface area contributed by atoms with E-state index in [0.29, 0.717) is 12.2 Å². The summed E-state index contributed by atoms with van der Waals surface area (Å²) in [4.78, 5) is 26.7. The van der Waals surface area contributed by atoms with Crippen molar-refractivity contribution in [2.24, 2.45) is 0 Å². The number of pyridine rings is 1. The van der Waals surface area contributed by atoms with Crippen molar-refractivity contribution in [3.63, 3.8) is 0 Å². The van der Waals surface area contributed by atoms with Crippen LogP contribution in [0.25, 0.3) is 5.65 Å². The summed E-state index contributed by atoms with van der Waals surface area (Å²) in [7, 11) is 0. The van der Waals surface area contributed by atoms with Gasteiger partial charge in [-0.3, -0.25) is 4.79 Å². The Bertz CT molecular complexity index is 878. The number of amides is 1. The Morgan fingerprint density at radius 3 is 2.96 bits per heavy atom. The van der Waals surface area contributed by atoms with Crippen LogP contribution in [-0.4, -0.2) is 43.2 Å². The molecule has 1 amide bonds. The molecule has 1 saturated heterocycles. The van der Waals surface area contributed by atoms with Crippen molar-refractivity contribution in [2.75, 3.05) is 13.1 Å². The van der Waals surface area contributed by atoms with Crippen molar-refractivity contribution in [1.82, 2.24) is 24.3 Å². The summed E-state index contributed by atoms with van der Waals surface area (Å²) in [5.41, 5.74) is 3.45. The van der Waals surface area contributed by atoms with Crippen LogP contribution in [0, 0.1) is 13.8 Å². The van der Waals surface area contributed by atoms with Crippen molar-refractivity contribution in [3.05, 3.63) is 53.5 Å². The number of aromatic nitrogens is 4. The van der Waals surface area contributed by atoms with Gasteiger partial charge in [-0.05, 0) is 32.4 Å². The summed E-state index contributed by atoms with van der Waals surface area (Å²) < 4.78 is 1.96. The summed E-state index contributed by atoms with van der Waals surface area (Å²) in [6.45, 7) is 5.44. The van der Waals surface area contributed by atoms with Gasteiger partial charge in [0.1, 0.15) is 17.2 Å².